The van der Waals surface area contributed by atoms with E-state index in [0.29, 0.717) is 6.54 Å². The van der Waals surface area contributed by atoms with Crippen molar-refractivity contribution in [3.63, 3.8) is 0 Å². The van der Waals surface area contributed by atoms with Crippen molar-refractivity contribution in [2.24, 2.45) is 11.1 Å². The van der Waals surface area contributed by atoms with Crippen molar-refractivity contribution < 1.29 is 9.13 Å². The fourth-order valence-electron chi connectivity index (χ4n) is 2.90. The Hall–Kier alpha value is -1.13. The van der Waals surface area contributed by atoms with Crippen LogP contribution < -0.4 is 10.5 Å². The second kappa shape index (κ2) is 6.75. The molecule has 1 unspecified atom stereocenters. The first-order valence-corrected chi connectivity index (χ1v) is 7.81. The Kier molecular flexibility index (Phi) is 5.22. The molecule has 0 aliphatic carbocycles. The van der Waals surface area contributed by atoms with Crippen LogP contribution in [0.3, 0.4) is 0 Å². The zero-order valence-corrected chi connectivity index (χ0v) is 13.4. The molecule has 2 rings (SSSR count). The summed E-state index contributed by atoms with van der Waals surface area (Å²) in [5.74, 6) is 0.642. The lowest BCUT2D eigenvalue weighted by Gasteiger charge is -2.33. The molecule has 0 spiro atoms. The molecule has 4 heteroatoms. The summed E-state index contributed by atoms with van der Waals surface area (Å²) in [6.07, 6.45) is 2.01. The third kappa shape index (κ3) is 4.42. The van der Waals surface area contributed by atoms with Gasteiger partial charge in [0.1, 0.15) is 17.7 Å². The molecule has 0 saturated heterocycles. The van der Waals surface area contributed by atoms with E-state index < -0.39 is 0 Å². The van der Waals surface area contributed by atoms with E-state index in [1.807, 2.05) is 0 Å². The highest BCUT2D eigenvalue weighted by molar-refractivity contribution is 5.37. The lowest BCUT2D eigenvalue weighted by molar-refractivity contribution is 0.117. The van der Waals surface area contributed by atoms with Crippen molar-refractivity contribution in [1.29, 1.82) is 0 Å². The third-order valence-electron chi connectivity index (χ3n) is 3.97. The van der Waals surface area contributed by atoms with E-state index in [4.69, 9.17) is 10.5 Å². The minimum absolute atomic E-state index is 0.104. The van der Waals surface area contributed by atoms with E-state index in [2.05, 4.69) is 25.7 Å². The van der Waals surface area contributed by atoms with Gasteiger partial charge < -0.3 is 10.5 Å². The molecule has 3 nitrogen and oxygen atoms in total. The molecule has 0 bridgehead atoms. The number of nitrogens with two attached hydrogens (primary N) is 1. The number of rotatable bonds is 7. The van der Waals surface area contributed by atoms with Crippen LogP contribution >= 0.6 is 0 Å². The van der Waals surface area contributed by atoms with Crippen LogP contribution in [0.1, 0.15) is 32.8 Å². The van der Waals surface area contributed by atoms with Crippen molar-refractivity contribution in [1.82, 2.24) is 4.90 Å². The largest absolute Gasteiger partial charge is 0.488 e. The van der Waals surface area contributed by atoms with Crippen molar-refractivity contribution in [2.75, 3.05) is 26.2 Å². The molecule has 0 fully saturated rings. The van der Waals surface area contributed by atoms with E-state index in [1.54, 1.807) is 12.1 Å². The summed E-state index contributed by atoms with van der Waals surface area (Å²) in [7, 11) is 0. The summed E-state index contributed by atoms with van der Waals surface area (Å²) >= 11 is 0. The highest BCUT2D eigenvalue weighted by Crippen LogP contribution is 2.30. The molecule has 2 N–H and O–H groups in total. The molecule has 0 aromatic heterocycles. The molecule has 0 radical (unpaired) electrons. The Morgan fingerprint density at radius 3 is 2.86 bits per heavy atom. The van der Waals surface area contributed by atoms with Crippen LogP contribution in [-0.4, -0.2) is 37.2 Å². The topological polar surface area (TPSA) is 38.5 Å². The quantitative estimate of drug-likeness (QED) is 0.840. The Morgan fingerprint density at radius 1 is 1.43 bits per heavy atom. The fourth-order valence-corrected chi connectivity index (χ4v) is 2.90. The van der Waals surface area contributed by atoms with Crippen molar-refractivity contribution in [3.05, 3.63) is 29.6 Å². The van der Waals surface area contributed by atoms with Crippen molar-refractivity contribution >= 4 is 0 Å². The molecule has 1 aromatic rings. The summed E-state index contributed by atoms with van der Waals surface area (Å²) in [4.78, 5) is 2.42. The number of nitrogens with zero attached hydrogens (tertiary/aromatic N) is 1. The molecular formula is C17H27FN2O. The maximum atomic E-state index is 13.3. The summed E-state index contributed by atoms with van der Waals surface area (Å²) in [6, 6.07) is 4.78. The van der Waals surface area contributed by atoms with E-state index >= 15 is 0 Å². The normalized spacial score (nSPS) is 17.9. The van der Waals surface area contributed by atoms with Gasteiger partial charge in [0.05, 0.1) is 0 Å². The number of halogens is 1. The fraction of sp³-hybridized carbons (Fsp3) is 0.647. The van der Waals surface area contributed by atoms with Gasteiger partial charge in [0.2, 0.25) is 0 Å². The molecule has 1 aromatic carbocycles. The molecule has 1 aliphatic rings. The summed E-state index contributed by atoms with van der Waals surface area (Å²) < 4.78 is 19.2. The van der Waals surface area contributed by atoms with Gasteiger partial charge in [-0.05, 0) is 43.1 Å². The maximum Gasteiger partial charge on any atom is 0.123 e. The van der Waals surface area contributed by atoms with Crippen LogP contribution in [0.5, 0.6) is 5.75 Å². The third-order valence-corrected chi connectivity index (χ3v) is 3.97. The predicted octanol–water partition coefficient (Wildman–Crippen LogP) is 2.83. The second-order valence-electron chi connectivity index (χ2n) is 6.80. The van der Waals surface area contributed by atoms with Crippen LogP contribution in [0.25, 0.3) is 0 Å². The van der Waals surface area contributed by atoms with Crippen LogP contribution in [0.2, 0.25) is 0 Å². The maximum absolute atomic E-state index is 13.3. The second-order valence-corrected chi connectivity index (χ2v) is 6.80. The van der Waals surface area contributed by atoms with Gasteiger partial charge in [-0.25, -0.2) is 4.39 Å². The van der Waals surface area contributed by atoms with Gasteiger partial charge in [0.25, 0.3) is 0 Å². The lowest BCUT2D eigenvalue weighted by atomic mass is 9.93. The van der Waals surface area contributed by atoms with Crippen molar-refractivity contribution in [2.45, 2.75) is 39.7 Å². The standard InChI is InChI=1S/C17H27FN2O/c1-4-7-20(12-17(2,3)11-19)10-15-9-13-8-14(18)5-6-16(13)21-15/h5-6,8,15H,4,7,9-12,19H2,1-3H3. The predicted molar refractivity (Wildman–Crippen MR) is 84.1 cm³/mol. The SMILES string of the molecule is CCCN(CC1Cc2cc(F)ccc2O1)CC(C)(C)CN. The molecule has 1 atom stereocenters. The molecule has 1 aliphatic heterocycles. The molecule has 1 heterocycles. The number of hydrogen-bond donors (Lipinski definition) is 1. The van der Waals surface area contributed by atoms with Gasteiger partial charge in [-0.3, -0.25) is 4.90 Å². The van der Waals surface area contributed by atoms with Gasteiger partial charge >= 0.3 is 0 Å². The first-order chi connectivity index (χ1) is 9.93. The van der Waals surface area contributed by atoms with E-state index in [0.717, 1.165) is 43.8 Å². The zero-order valence-electron chi connectivity index (χ0n) is 13.4. The Bertz CT molecular complexity index is 476. The Balaban J connectivity index is 1.96. The first kappa shape index (κ1) is 16.2. The smallest absolute Gasteiger partial charge is 0.123 e. The van der Waals surface area contributed by atoms with E-state index in [-0.39, 0.29) is 17.3 Å². The molecule has 21 heavy (non-hydrogen) atoms. The number of ether oxygens (including phenoxy) is 1. The van der Waals surface area contributed by atoms with E-state index in [1.165, 1.54) is 6.07 Å². The summed E-state index contributed by atoms with van der Waals surface area (Å²) in [6.45, 7) is 10.1. The average Bonchev–Trinajstić information content (AvgIpc) is 2.79. The Labute approximate surface area is 127 Å². The number of hydrogen-bond acceptors (Lipinski definition) is 3. The van der Waals surface area contributed by atoms with Gasteiger partial charge in [0.15, 0.2) is 0 Å². The van der Waals surface area contributed by atoms with Gasteiger partial charge in [-0.15, -0.1) is 0 Å². The van der Waals surface area contributed by atoms with Gasteiger partial charge in [0, 0.05) is 25.1 Å². The van der Waals surface area contributed by atoms with Gasteiger partial charge in [-0.2, -0.15) is 0 Å². The van der Waals surface area contributed by atoms with E-state index in [9.17, 15) is 4.39 Å². The number of fused-ring (bicyclic) bond motifs is 1. The highest BCUT2D eigenvalue weighted by Gasteiger charge is 2.27. The van der Waals surface area contributed by atoms with Crippen LogP contribution in [0.15, 0.2) is 18.2 Å². The first-order valence-electron chi connectivity index (χ1n) is 7.81. The van der Waals surface area contributed by atoms with Gasteiger partial charge in [-0.1, -0.05) is 20.8 Å². The minimum atomic E-state index is -0.187. The van der Waals surface area contributed by atoms with Crippen LogP contribution in [0, 0.1) is 11.2 Å². The van der Waals surface area contributed by atoms with Crippen LogP contribution in [0.4, 0.5) is 4.39 Å². The molecular weight excluding hydrogens is 267 g/mol. The zero-order chi connectivity index (χ0) is 15.5. The number of benzene rings is 1. The molecule has 0 saturated carbocycles. The average molecular weight is 294 g/mol. The molecule has 118 valence electrons. The molecule has 0 amide bonds. The highest BCUT2D eigenvalue weighted by atomic mass is 19.1. The summed E-state index contributed by atoms with van der Waals surface area (Å²) in [5, 5.41) is 0. The van der Waals surface area contributed by atoms with Crippen LogP contribution in [-0.2, 0) is 6.42 Å². The Morgan fingerprint density at radius 2 is 2.19 bits per heavy atom. The minimum Gasteiger partial charge on any atom is -0.488 e. The lowest BCUT2D eigenvalue weighted by Crippen LogP contribution is -2.43. The summed E-state index contributed by atoms with van der Waals surface area (Å²) in [5.41, 5.74) is 6.93. The van der Waals surface area contributed by atoms with Crippen molar-refractivity contribution in [3.8, 4) is 5.75 Å². The monoisotopic (exact) mass is 294 g/mol.